The van der Waals surface area contributed by atoms with Crippen molar-refractivity contribution in [2.45, 2.75) is 17.5 Å². The second-order valence-electron chi connectivity index (χ2n) is 5.42. The highest BCUT2D eigenvalue weighted by atomic mass is 35.5. The van der Waals surface area contributed by atoms with Crippen LogP contribution in [-0.4, -0.2) is 21.9 Å². The lowest BCUT2D eigenvalue weighted by Crippen LogP contribution is -2.01. The third-order valence-electron chi connectivity index (χ3n) is 3.78. The molecule has 0 bridgehead atoms. The molecule has 0 saturated carbocycles. The molecule has 0 spiro atoms. The van der Waals surface area contributed by atoms with E-state index in [-0.39, 0.29) is 5.82 Å². The van der Waals surface area contributed by atoms with Crippen molar-refractivity contribution in [2.75, 3.05) is 7.11 Å². The van der Waals surface area contributed by atoms with Gasteiger partial charge in [0.2, 0.25) is 0 Å². The van der Waals surface area contributed by atoms with Crippen LogP contribution in [0.1, 0.15) is 5.56 Å². The highest BCUT2D eigenvalue weighted by Crippen LogP contribution is 2.30. The van der Waals surface area contributed by atoms with Crippen LogP contribution in [-0.2, 0) is 12.3 Å². The number of hydrogen-bond acceptors (Lipinski definition) is 4. The van der Waals surface area contributed by atoms with E-state index in [0.29, 0.717) is 28.0 Å². The molecular weight excluding hydrogens is 373 g/mol. The van der Waals surface area contributed by atoms with Crippen LogP contribution in [0.2, 0.25) is 5.02 Å². The number of hydrogen-bond donors (Lipinski definition) is 0. The van der Waals surface area contributed by atoms with E-state index in [2.05, 4.69) is 16.8 Å². The molecule has 134 valence electrons. The van der Waals surface area contributed by atoms with Gasteiger partial charge in [0.15, 0.2) is 11.0 Å². The van der Waals surface area contributed by atoms with Gasteiger partial charge < -0.3 is 4.74 Å². The fourth-order valence-corrected chi connectivity index (χ4v) is 3.74. The first kappa shape index (κ1) is 18.5. The number of aromatic nitrogens is 3. The molecule has 0 aliphatic carbocycles. The largest absolute Gasteiger partial charge is 0.497 e. The first-order valence-electron chi connectivity index (χ1n) is 7.88. The number of ether oxygens (including phenoxy) is 1. The van der Waals surface area contributed by atoms with Gasteiger partial charge in [0.1, 0.15) is 11.6 Å². The molecule has 0 amide bonds. The highest BCUT2D eigenvalue weighted by Gasteiger charge is 2.15. The molecule has 4 nitrogen and oxygen atoms in total. The second kappa shape index (κ2) is 8.38. The number of nitrogens with zero attached hydrogens (tertiary/aromatic N) is 3. The maximum atomic E-state index is 14.0. The topological polar surface area (TPSA) is 39.9 Å². The zero-order chi connectivity index (χ0) is 18.5. The molecule has 0 atom stereocenters. The van der Waals surface area contributed by atoms with E-state index in [1.54, 1.807) is 25.3 Å². The molecule has 1 heterocycles. The van der Waals surface area contributed by atoms with Crippen molar-refractivity contribution in [3.8, 4) is 17.1 Å². The van der Waals surface area contributed by atoms with Crippen LogP contribution in [0.4, 0.5) is 4.39 Å². The summed E-state index contributed by atoms with van der Waals surface area (Å²) in [7, 11) is 1.62. The summed E-state index contributed by atoms with van der Waals surface area (Å²) in [5, 5.41) is 9.64. The number of rotatable bonds is 7. The maximum Gasteiger partial charge on any atom is 0.192 e. The number of benzene rings is 2. The Balaban J connectivity index is 1.88. The molecule has 3 aromatic rings. The van der Waals surface area contributed by atoms with Gasteiger partial charge in [-0.15, -0.1) is 16.8 Å². The van der Waals surface area contributed by atoms with Gasteiger partial charge in [-0.1, -0.05) is 35.5 Å². The minimum absolute atomic E-state index is 0.324. The summed E-state index contributed by atoms with van der Waals surface area (Å²) < 4.78 is 21.1. The molecule has 3 rings (SSSR count). The average molecular weight is 390 g/mol. The maximum absolute atomic E-state index is 14.0. The highest BCUT2D eigenvalue weighted by molar-refractivity contribution is 7.98. The minimum Gasteiger partial charge on any atom is -0.497 e. The lowest BCUT2D eigenvalue weighted by Gasteiger charge is -2.09. The van der Waals surface area contributed by atoms with E-state index in [0.717, 1.165) is 17.1 Å². The van der Waals surface area contributed by atoms with Crippen molar-refractivity contribution < 1.29 is 9.13 Å². The standard InChI is InChI=1S/C19H17ClFN3OS/c1-3-11-24-18(13-7-9-14(25-2)10-8-13)22-23-19(24)26-12-15-16(20)5-4-6-17(15)21/h3-10H,1,11-12H2,2H3. The van der Waals surface area contributed by atoms with Crippen molar-refractivity contribution >= 4 is 23.4 Å². The Morgan fingerprint density at radius 2 is 2.00 bits per heavy atom. The van der Waals surface area contributed by atoms with E-state index in [4.69, 9.17) is 16.3 Å². The van der Waals surface area contributed by atoms with E-state index >= 15 is 0 Å². The summed E-state index contributed by atoms with van der Waals surface area (Å²) in [5.41, 5.74) is 1.37. The summed E-state index contributed by atoms with van der Waals surface area (Å²) in [6.45, 7) is 4.34. The SMILES string of the molecule is C=CCn1c(SCc2c(F)cccc2Cl)nnc1-c1ccc(OC)cc1. The number of thioether (sulfide) groups is 1. The van der Waals surface area contributed by atoms with Gasteiger partial charge in [-0.25, -0.2) is 4.39 Å². The summed E-state index contributed by atoms with van der Waals surface area (Å²) in [6.07, 6.45) is 1.77. The molecule has 0 aliphatic heterocycles. The summed E-state index contributed by atoms with van der Waals surface area (Å²) >= 11 is 7.49. The van der Waals surface area contributed by atoms with Crippen LogP contribution >= 0.6 is 23.4 Å². The van der Waals surface area contributed by atoms with Crippen molar-refractivity contribution in [1.29, 1.82) is 0 Å². The lowest BCUT2D eigenvalue weighted by atomic mass is 10.2. The average Bonchev–Trinajstić information content (AvgIpc) is 3.04. The van der Waals surface area contributed by atoms with Crippen molar-refractivity contribution in [3.05, 3.63) is 71.5 Å². The van der Waals surface area contributed by atoms with Gasteiger partial charge in [0.05, 0.1) is 7.11 Å². The molecule has 0 N–H and O–H groups in total. The fourth-order valence-electron chi connectivity index (χ4n) is 2.45. The van der Waals surface area contributed by atoms with Gasteiger partial charge in [-0.05, 0) is 36.4 Å². The van der Waals surface area contributed by atoms with Gasteiger partial charge in [0, 0.05) is 28.4 Å². The Kier molecular flexibility index (Phi) is 5.96. The molecule has 0 aliphatic rings. The van der Waals surface area contributed by atoms with Gasteiger partial charge in [0.25, 0.3) is 0 Å². The third-order valence-corrected chi connectivity index (χ3v) is 5.13. The number of methoxy groups -OCH3 is 1. The first-order chi connectivity index (χ1) is 12.6. The Labute approximate surface area is 160 Å². The summed E-state index contributed by atoms with van der Waals surface area (Å²) in [5.74, 6) is 1.53. The predicted molar refractivity (Wildman–Crippen MR) is 103 cm³/mol. The molecule has 0 radical (unpaired) electrons. The Bertz CT molecular complexity index is 891. The quantitative estimate of drug-likeness (QED) is 0.410. The van der Waals surface area contributed by atoms with Gasteiger partial charge >= 0.3 is 0 Å². The van der Waals surface area contributed by atoms with Crippen LogP contribution in [0, 0.1) is 5.82 Å². The summed E-state index contributed by atoms with van der Waals surface area (Å²) in [4.78, 5) is 0. The van der Waals surface area contributed by atoms with E-state index in [1.165, 1.54) is 17.8 Å². The molecule has 0 saturated heterocycles. The predicted octanol–water partition coefficient (Wildman–Crippen LogP) is 5.22. The van der Waals surface area contributed by atoms with Crippen LogP contribution in [0.5, 0.6) is 5.75 Å². The Hall–Kier alpha value is -2.31. The van der Waals surface area contributed by atoms with E-state index < -0.39 is 0 Å². The first-order valence-corrected chi connectivity index (χ1v) is 9.24. The summed E-state index contributed by atoms with van der Waals surface area (Å²) in [6, 6.07) is 12.3. The van der Waals surface area contributed by atoms with Crippen LogP contribution in [0.15, 0.2) is 60.3 Å². The fraction of sp³-hybridized carbons (Fsp3) is 0.158. The molecule has 0 fully saturated rings. The van der Waals surface area contributed by atoms with E-state index in [9.17, 15) is 4.39 Å². The molecule has 2 aromatic carbocycles. The zero-order valence-electron chi connectivity index (χ0n) is 14.2. The van der Waals surface area contributed by atoms with Crippen LogP contribution in [0.3, 0.4) is 0 Å². The normalized spacial score (nSPS) is 10.7. The van der Waals surface area contributed by atoms with Crippen LogP contribution < -0.4 is 4.74 Å². The van der Waals surface area contributed by atoms with Gasteiger partial charge in [-0.3, -0.25) is 4.57 Å². The van der Waals surface area contributed by atoms with Crippen molar-refractivity contribution in [3.63, 3.8) is 0 Å². The molecule has 0 unspecified atom stereocenters. The third kappa shape index (κ3) is 3.92. The number of allylic oxidation sites excluding steroid dienone is 1. The van der Waals surface area contributed by atoms with Gasteiger partial charge in [-0.2, -0.15) is 0 Å². The lowest BCUT2D eigenvalue weighted by molar-refractivity contribution is 0.415. The number of halogens is 2. The Morgan fingerprint density at radius 1 is 1.23 bits per heavy atom. The monoisotopic (exact) mass is 389 g/mol. The van der Waals surface area contributed by atoms with Crippen molar-refractivity contribution in [1.82, 2.24) is 14.8 Å². The molecule has 26 heavy (non-hydrogen) atoms. The Morgan fingerprint density at radius 3 is 2.65 bits per heavy atom. The van der Waals surface area contributed by atoms with E-state index in [1.807, 2.05) is 28.8 Å². The minimum atomic E-state index is -0.324. The molecule has 1 aromatic heterocycles. The zero-order valence-corrected chi connectivity index (χ0v) is 15.7. The van der Waals surface area contributed by atoms with Crippen LogP contribution in [0.25, 0.3) is 11.4 Å². The smallest absolute Gasteiger partial charge is 0.192 e. The second-order valence-corrected chi connectivity index (χ2v) is 6.77. The molecular formula is C19H17ClFN3OS. The van der Waals surface area contributed by atoms with Crippen molar-refractivity contribution in [2.24, 2.45) is 0 Å². The molecule has 7 heteroatoms.